The van der Waals surface area contributed by atoms with Gasteiger partial charge in [0.15, 0.2) is 6.61 Å². The van der Waals surface area contributed by atoms with Crippen LogP contribution in [0.15, 0.2) is 40.0 Å². The number of benzene rings is 1. The van der Waals surface area contributed by atoms with Gasteiger partial charge in [-0.1, -0.05) is 30.0 Å². The molecule has 0 N–H and O–H groups in total. The molecule has 0 saturated carbocycles. The van der Waals surface area contributed by atoms with Crippen LogP contribution >= 0.6 is 11.8 Å². The van der Waals surface area contributed by atoms with Crippen LogP contribution in [0.3, 0.4) is 0 Å². The minimum Gasteiger partial charge on any atom is -0.484 e. The van der Waals surface area contributed by atoms with Crippen molar-refractivity contribution in [2.24, 2.45) is 0 Å². The highest BCUT2D eigenvalue weighted by atomic mass is 32.2. The molecule has 0 fully saturated rings. The molecule has 0 radical (unpaired) electrons. The maximum absolute atomic E-state index is 5.44. The molecule has 0 unspecified atom stereocenters. The lowest BCUT2D eigenvalue weighted by molar-refractivity contribution is 0.252. The Balaban J connectivity index is 1.93. The fourth-order valence-corrected chi connectivity index (χ4v) is 1.34. The van der Waals surface area contributed by atoms with Crippen molar-refractivity contribution in [1.82, 2.24) is 10.2 Å². The van der Waals surface area contributed by atoms with Crippen LogP contribution in [0.1, 0.15) is 5.89 Å². The highest BCUT2D eigenvalue weighted by Gasteiger charge is 2.04. The van der Waals surface area contributed by atoms with Crippen molar-refractivity contribution in [1.29, 1.82) is 0 Å². The Morgan fingerprint density at radius 3 is 2.73 bits per heavy atom. The third kappa shape index (κ3) is 2.73. The number of hydrogen-bond acceptors (Lipinski definition) is 5. The van der Waals surface area contributed by atoms with Gasteiger partial charge in [-0.2, -0.15) is 0 Å². The number of thioether (sulfide) groups is 1. The van der Waals surface area contributed by atoms with E-state index in [0.717, 1.165) is 5.75 Å². The molecule has 0 amide bonds. The summed E-state index contributed by atoms with van der Waals surface area (Å²) in [4.78, 5) is 0. The molecule has 1 aromatic carbocycles. The Morgan fingerprint density at radius 1 is 1.27 bits per heavy atom. The molecule has 0 saturated heterocycles. The van der Waals surface area contributed by atoms with Crippen molar-refractivity contribution in [3.05, 3.63) is 36.2 Å². The Kier molecular flexibility index (Phi) is 3.24. The first-order valence-corrected chi connectivity index (χ1v) is 5.65. The minimum atomic E-state index is 0.303. The van der Waals surface area contributed by atoms with Gasteiger partial charge in [0, 0.05) is 0 Å². The standard InChI is InChI=1S/C10H10N2O2S/c1-15-10-12-11-9(14-10)7-13-8-5-3-2-4-6-8/h2-6H,7H2,1H3. The van der Waals surface area contributed by atoms with Crippen molar-refractivity contribution in [2.45, 2.75) is 11.8 Å². The molecule has 2 rings (SSSR count). The van der Waals surface area contributed by atoms with E-state index < -0.39 is 0 Å². The molecule has 15 heavy (non-hydrogen) atoms. The van der Waals surface area contributed by atoms with Gasteiger partial charge in [-0.25, -0.2) is 0 Å². The first kappa shape index (κ1) is 10.0. The predicted molar refractivity (Wildman–Crippen MR) is 56.9 cm³/mol. The quantitative estimate of drug-likeness (QED) is 0.743. The van der Waals surface area contributed by atoms with E-state index in [9.17, 15) is 0 Å². The molecule has 2 aromatic rings. The molecule has 5 heteroatoms. The van der Waals surface area contributed by atoms with Crippen LogP contribution in [-0.4, -0.2) is 16.5 Å². The van der Waals surface area contributed by atoms with Gasteiger partial charge in [-0.05, 0) is 18.4 Å². The molecule has 1 heterocycles. The van der Waals surface area contributed by atoms with E-state index >= 15 is 0 Å². The zero-order valence-corrected chi connectivity index (χ0v) is 9.03. The number of aromatic nitrogens is 2. The Hall–Kier alpha value is -1.49. The number of nitrogens with zero attached hydrogens (tertiary/aromatic N) is 2. The highest BCUT2D eigenvalue weighted by Crippen LogP contribution is 2.14. The Morgan fingerprint density at radius 2 is 2.07 bits per heavy atom. The van der Waals surface area contributed by atoms with Gasteiger partial charge in [0.1, 0.15) is 5.75 Å². The van der Waals surface area contributed by atoms with Crippen LogP contribution in [-0.2, 0) is 6.61 Å². The van der Waals surface area contributed by atoms with Crippen LogP contribution in [0.2, 0.25) is 0 Å². The second kappa shape index (κ2) is 4.84. The molecule has 0 atom stereocenters. The zero-order valence-electron chi connectivity index (χ0n) is 8.21. The van der Waals surface area contributed by atoms with Crippen LogP contribution in [0.25, 0.3) is 0 Å². The molecule has 0 aliphatic rings. The van der Waals surface area contributed by atoms with E-state index in [4.69, 9.17) is 9.15 Å². The molecule has 0 spiro atoms. The van der Waals surface area contributed by atoms with E-state index in [0.29, 0.717) is 17.7 Å². The zero-order chi connectivity index (χ0) is 10.5. The fraction of sp³-hybridized carbons (Fsp3) is 0.200. The molecule has 1 aromatic heterocycles. The number of rotatable bonds is 4. The number of ether oxygens (including phenoxy) is 1. The average molecular weight is 222 g/mol. The maximum Gasteiger partial charge on any atom is 0.276 e. The molecular formula is C10H10N2O2S. The van der Waals surface area contributed by atoms with Crippen molar-refractivity contribution in [3.63, 3.8) is 0 Å². The normalized spacial score (nSPS) is 10.2. The number of hydrogen-bond donors (Lipinski definition) is 0. The smallest absolute Gasteiger partial charge is 0.276 e. The summed E-state index contributed by atoms with van der Waals surface area (Å²) in [6.07, 6.45) is 1.88. The van der Waals surface area contributed by atoms with E-state index in [1.165, 1.54) is 11.8 Å². The predicted octanol–water partition coefficient (Wildman–Crippen LogP) is 2.37. The maximum atomic E-state index is 5.44. The SMILES string of the molecule is CSc1nnc(COc2ccccc2)o1. The number of para-hydroxylation sites is 1. The van der Waals surface area contributed by atoms with Crippen LogP contribution in [0, 0.1) is 0 Å². The van der Waals surface area contributed by atoms with Gasteiger partial charge < -0.3 is 9.15 Å². The fourth-order valence-electron chi connectivity index (χ4n) is 1.04. The van der Waals surface area contributed by atoms with Gasteiger partial charge in [-0.15, -0.1) is 10.2 Å². The van der Waals surface area contributed by atoms with Crippen LogP contribution in [0.5, 0.6) is 5.75 Å². The first-order valence-electron chi connectivity index (χ1n) is 4.42. The topological polar surface area (TPSA) is 48.2 Å². The highest BCUT2D eigenvalue weighted by molar-refractivity contribution is 7.98. The summed E-state index contributed by atoms with van der Waals surface area (Å²) in [5, 5.41) is 8.21. The molecule has 4 nitrogen and oxygen atoms in total. The summed E-state index contributed by atoms with van der Waals surface area (Å²) >= 11 is 1.42. The molecule has 0 bridgehead atoms. The van der Waals surface area contributed by atoms with Crippen LogP contribution in [0.4, 0.5) is 0 Å². The van der Waals surface area contributed by atoms with Gasteiger partial charge >= 0.3 is 0 Å². The second-order valence-electron chi connectivity index (χ2n) is 2.77. The third-order valence-corrected chi connectivity index (χ3v) is 2.24. The molecule has 0 aliphatic carbocycles. The monoisotopic (exact) mass is 222 g/mol. The van der Waals surface area contributed by atoms with Crippen molar-refractivity contribution in [3.8, 4) is 5.75 Å². The summed E-state index contributed by atoms with van der Waals surface area (Å²) < 4.78 is 10.7. The Bertz CT molecular complexity index is 416. The minimum absolute atomic E-state index is 0.303. The first-order chi connectivity index (χ1) is 7.38. The second-order valence-corrected chi connectivity index (χ2v) is 3.53. The lowest BCUT2D eigenvalue weighted by atomic mass is 10.3. The van der Waals surface area contributed by atoms with Crippen molar-refractivity contribution < 1.29 is 9.15 Å². The van der Waals surface area contributed by atoms with Gasteiger partial charge in [-0.3, -0.25) is 0 Å². The lowest BCUT2D eigenvalue weighted by Gasteiger charge is -2.01. The van der Waals surface area contributed by atoms with Crippen molar-refractivity contribution >= 4 is 11.8 Å². The van der Waals surface area contributed by atoms with E-state index in [-0.39, 0.29) is 0 Å². The van der Waals surface area contributed by atoms with Gasteiger partial charge in [0.25, 0.3) is 11.1 Å². The summed E-state index contributed by atoms with van der Waals surface area (Å²) in [7, 11) is 0. The van der Waals surface area contributed by atoms with Crippen LogP contribution < -0.4 is 4.74 Å². The summed E-state index contributed by atoms with van der Waals surface area (Å²) in [6.45, 7) is 0.303. The van der Waals surface area contributed by atoms with Gasteiger partial charge in [0.2, 0.25) is 0 Å². The van der Waals surface area contributed by atoms with Crippen molar-refractivity contribution in [2.75, 3.05) is 6.26 Å². The Labute approximate surface area is 91.7 Å². The molecular weight excluding hydrogens is 212 g/mol. The molecule has 78 valence electrons. The third-order valence-electron chi connectivity index (χ3n) is 1.73. The summed E-state index contributed by atoms with van der Waals surface area (Å²) in [6, 6.07) is 9.52. The lowest BCUT2D eigenvalue weighted by Crippen LogP contribution is -1.95. The van der Waals surface area contributed by atoms with E-state index in [2.05, 4.69) is 10.2 Å². The van der Waals surface area contributed by atoms with Gasteiger partial charge in [0.05, 0.1) is 0 Å². The summed E-state index contributed by atoms with van der Waals surface area (Å²) in [5.74, 6) is 1.28. The molecule has 0 aliphatic heterocycles. The van der Waals surface area contributed by atoms with E-state index in [1.54, 1.807) is 0 Å². The van der Waals surface area contributed by atoms with E-state index in [1.807, 2.05) is 36.6 Å². The largest absolute Gasteiger partial charge is 0.484 e. The average Bonchev–Trinajstić information content (AvgIpc) is 2.76. The summed E-state index contributed by atoms with van der Waals surface area (Å²) in [5.41, 5.74) is 0.